The molecule has 1 aliphatic rings. The van der Waals surface area contributed by atoms with Crippen LogP contribution in [0, 0.1) is 0 Å². The van der Waals surface area contributed by atoms with Crippen molar-refractivity contribution >= 4 is 12.0 Å². The van der Waals surface area contributed by atoms with Crippen LogP contribution < -0.4 is 5.32 Å². The molecule has 0 saturated heterocycles. The summed E-state index contributed by atoms with van der Waals surface area (Å²) in [5, 5.41) is 18.8. The van der Waals surface area contributed by atoms with Crippen molar-refractivity contribution in [3.8, 4) is 0 Å². The topological polar surface area (TPSA) is 100 Å². The van der Waals surface area contributed by atoms with Gasteiger partial charge in [0.1, 0.15) is 12.2 Å². The van der Waals surface area contributed by atoms with Crippen LogP contribution in [-0.4, -0.2) is 50.1 Å². The van der Waals surface area contributed by atoms with E-state index in [4.69, 9.17) is 5.11 Å². The molecule has 108 valence electrons. The fraction of sp³-hybridized carbons (Fsp3) is 0.500. The van der Waals surface area contributed by atoms with Crippen LogP contribution in [0.5, 0.6) is 0 Å². The molecular weight excluding hydrogens is 262 g/mol. The van der Waals surface area contributed by atoms with E-state index in [1.165, 1.54) is 16.5 Å². The van der Waals surface area contributed by atoms with Gasteiger partial charge in [-0.3, -0.25) is 4.79 Å². The third-order valence-corrected chi connectivity index (χ3v) is 3.03. The molecular formula is C12H17N5O3. The summed E-state index contributed by atoms with van der Waals surface area (Å²) in [6.45, 7) is 3.37. The number of aromatic nitrogens is 3. The molecule has 0 saturated carbocycles. The highest BCUT2D eigenvalue weighted by molar-refractivity contribution is 5.74. The molecule has 0 bridgehead atoms. The molecule has 1 aromatic rings. The van der Waals surface area contributed by atoms with Crippen LogP contribution in [0.4, 0.5) is 4.79 Å². The number of hydrogen-bond donors (Lipinski definition) is 2. The average molecular weight is 279 g/mol. The van der Waals surface area contributed by atoms with Crippen LogP contribution in [0.3, 0.4) is 0 Å². The van der Waals surface area contributed by atoms with Gasteiger partial charge in [-0.1, -0.05) is 16.9 Å². The van der Waals surface area contributed by atoms with Crippen LogP contribution in [0.2, 0.25) is 0 Å². The van der Waals surface area contributed by atoms with Gasteiger partial charge in [0.25, 0.3) is 0 Å². The minimum Gasteiger partial charge on any atom is -0.480 e. The Morgan fingerprint density at radius 2 is 2.30 bits per heavy atom. The van der Waals surface area contributed by atoms with E-state index in [-0.39, 0.29) is 19.1 Å². The second-order valence-corrected chi connectivity index (χ2v) is 4.71. The highest BCUT2D eigenvalue weighted by Gasteiger charge is 2.15. The zero-order valence-electron chi connectivity index (χ0n) is 11.2. The van der Waals surface area contributed by atoms with Crippen molar-refractivity contribution < 1.29 is 14.7 Å². The molecule has 0 aliphatic carbocycles. The normalized spacial score (nSPS) is 14.8. The van der Waals surface area contributed by atoms with E-state index in [2.05, 4.69) is 22.6 Å². The van der Waals surface area contributed by atoms with Gasteiger partial charge in [-0.15, -0.1) is 5.10 Å². The molecule has 2 rings (SSSR count). The maximum atomic E-state index is 11.9. The predicted octanol–water partition coefficient (Wildman–Crippen LogP) is 0.224. The van der Waals surface area contributed by atoms with Gasteiger partial charge in [0.15, 0.2) is 0 Å². The predicted molar refractivity (Wildman–Crippen MR) is 69.8 cm³/mol. The number of rotatable bonds is 4. The van der Waals surface area contributed by atoms with Crippen molar-refractivity contribution in [1.29, 1.82) is 0 Å². The highest BCUT2D eigenvalue weighted by atomic mass is 16.4. The Labute approximate surface area is 116 Å². The van der Waals surface area contributed by atoms with E-state index in [0.29, 0.717) is 18.8 Å². The molecule has 0 fully saturated rings. The standard InChI is InChI=1S/C12H17N5O3/c1-9-2-4-16(5-3-9)12(20)13-6-10-7-17(15-14-10)8-11(18)19/h2,7H,3-6,8H2,1H3,(H,13,20)(H,18,19). The summed E-state index contributed by atoms with van der Waals surface area (Å²) in [6.07, 6.45) is 4.43. The zero-order valence-corrected chi connectivity index (χ0v) is 11.2. The summed E-state index contributed by atoms with van der Waals surface area (Å²) in [7, 11) is 0. The van der Waals surface area contributed by atoms with Crippen LogP contribution >= 0.6 is 0 Å². The first-order valence-corrected chi connectivity index (χ1v) is 6.34. The lowest BCUT2D eigenvalue weighted by Crippen LogP contribution is -2.41. The van der Waals surface area contributed by atoms with E-state index in [9.17, 15) is 9.59 Å². The van der Waals surface area contributed by atoms with Crippen LogP contribution in [-0.2, 0) is 17.9 Å². The smallest absolute Gasteiger partial charge is 0.325 e. The summed E-state index contributed by atoms with van der Waals surface area (Å²) in [6, 6.07) is -0.151. The van der Waals surface area contributed by atoms with Crippen LogP contribution in [0.1, 0.15) is 19.0 Å². The summed E-state index contributed by atoms with van der Waals surface area (Å²) in [5.74, 6) is -0.985. The van der Waals surface area contributed by atoms with E-state index in [1.54, 1.807) is 4.90 Å². The van der Waals surface area contributed by atoms with E-state index < -0.39 is 5.97 Å². The molecule has 20 heavy (non-hydrogen) atoms. The van der Waals surface area contributed by atoms with Crippen molar-refractivity contribution in [1.82, 2.24) is 25.2 Å². The van der Waals surface area contributed by atoms with Crippen LogP contribution in [0.15, 0.2) is 17.8 Å². The largest absolute Gasteiger partial charge is 0.480 e. The molecule has 0 unspecified atom stereocenters. The third-order valence-electron chi connectivity index (χ3n) is 3.03. The van der Waals surface area contributed by atoms with Crippen LogP contribution in [0.25, 0.3) is 0 Å². The zero-order chi connectivity index (χ0) is 14.5. The number of hydrogen-bond acceptors (Lipinski definition) is 4. The molecule has 1 aliphatic heterocycles. The number of carbonyl (C=O) groups is 2. The van der Waals surface area contributed by atoms with Gasteiger partial charge in [0.2, 0.25) is 0 Å². The van der Waals surface area contributed by atoms with E-state index in [1.807, 2.05) is 6.08 Å². The number of amides is 2. The summed E-state index contributed by atoms with van der Waals surface area (Å²) in [4.78, 5) is 24.1. The fourth-order valence-electron chi connectivity index (χ4n) is 1.87. The second kappa shape index (κ2) is 6.18. The molecule has 2 N–H and O–H groups in total. The van der Waals surface area contributed by atoms with Crippen molar-refractivity contribution in [2.75, 3.05) is 13.1 Å². The number of carbonyl (C=O) groups excluding carboxylic acids is 1. The number of carboxylic acids is 1. The first-order valence-electron chi connectivity index (χ1n) is 6.34. The Morgan fingerprint density at radius 3 is 2.95 bits per heavy atom. The first-order chi connectivity index (χ1) is 9.54. The Morgan fingerprint density at radius 1 is 1.50 bits per heavy atom. The van der Waals surface area contributed by atoms with Gasteiger partial charge in [-0.05, 0) is 13.3 Å². The lowest BCUT2D eigenvalue weighted by Gasteiger charge is -2.25. The molecule has 0 spiro atoms. The molecule has 8 heteroatoms. The number of nitrogens with zero attached hydrogens (tertiary/aromatic N) is 4. The minimum absolute atomic E-state index is 0.151. The molecule has 1 aromatic heterocycles. The number of urea groups is 1. The quantitative estimate of drug-likeness (QED) is 0.768. The highest BCUT2D eigenvalue weighted by Crippen LogP contribution is 2.09. The second-order valence-electron chi connectivity index (χ2n) is 4.71. The van der Waals surface area contributed by atoms with Gasteiger partial charge >= 0.3 is 12.0 Å². The van der Waals surface area contributed by atoms with E-state index >= 15 is 0 Å². The van der Waals surface area contributed by atoms with Gasteiger partial charge in [-0.2, -0.15) is 0 Å². The number of carboxylic acid groups (broad SMARTS) is 1. The Hall–Kier alpha value is -2.38. The molecule has 2 amide bonds. The molecule has 0 atom stereocenters. The SMILES string of the molecule is CC1=CCN(C(=O)NCc2cn(CC(=O)O)nn2)CC1. The summed E-state index contributed by atoms with van der Waals surface area (Å²) < 4.78 is 1.22. The first kappa shape index (κ1) is 14.0. The van der Waals surface area contributed by atoms with Crippen molar-refractivity contribution in [2.45, 2.75) is 26.4 Å². The summed E-state index contributed by atoms with van der Waals surface area (Å²) in [5.41, 5.74) is 1.83. The Kier molecular flexibility index (Phi) is 4.34. The lowest BCUT2D eigenvalue weighted by molar-refractivity contribution is -0.137. The minimum atomic E-state index is -0.985. The third kappa shape index (κ3) is 3.81. The average Bonchev–Trinajstić information content (AvgIpc) is 2.83. The molecule has 8 nitrogen and oxygen atoms in total. The summed E-state index contributed by atoms with van der Waals surface area (Å²) >= 11 is 0. The number of nitrogens with one attached hydrogen (secondary N) is 1. The van der Waals surface area contributed by atoms with Gasteiger partial charge < -0.3 is 15.3 Å². The van der Waals surface area contributed by atoms with Crippen molar-refractivity contribution in [2.24, 2.45) is 0 Å². The fourth-order valence-corrected chi connectivity index (χ4v) is 1.87. The Bertz CT molecular complexity index is 537. The Balaban J connectivity index is 1.81. The maximum absolute atomic E-state index is 11.9. The van der Waals surface area contributed by atoms with Gasteiger partial charge in [0.05, 0.1) is 12.7 Å². The maximum Gasteiger partial charge on any atom is 0.325 e. The lowest BCUT2D eigenvalue weighted by atomic mass is 10.1. The van der Waals surface area contributed by atoms with Gasteiger partial charge in [0, 0.05) is 13.1 Å². The molecule has 0 aromatic carbocycles. The van der Waals surface area contributed by atoms with Gasteiger partial charge in [-0.25, -0.2) is 9.48 Å². The molecule has 0 radical (unpaired) electrons. The monoisotopic (exact) mass is 279 g/mol. The van der Waals surface area contributed by atoms with Crippen molar-refractivity contribution in [3.05, 3.63) is 23.5 Å². The van der Waals surface area contributed by atoms with E-state index in [0.717, 1.165) is 6.42 Å². The van der Waals surface area contributed by atoms with Crippen molar-refractivity contribution in [3.63, 3.8) is 0 Å². The molecule has 2 heterocycles. The number of aliphatic carboxylic acids is 1.